The molecule has 0 saturated carbocycles. The lowest BCUT2D eigenvalue weighted by molar-refractivity contribution is -0.385. The fourth-order valence-corrected chi connectivity index (χ4v) is 3.85. The molecule has 0 aliphatic heterocycles. The van der Waals surface area contributed by atoms with Crippen molar-refractivity contribution in [1.82, 2.24) is 4.90 Å². The summed E-state index contributed by atoms with van der Waals surface area (Å²) < 4.78 is 32.7. The third-order valence-corrected chi connectivity index (χ3v) is 5.77. The van der Waals surface area contributed by atoms with Gasteiger partial charge < -0.3 is 9.32 Å². The number of anilines is 1. The predicted molar refractivity (Wildman–Crippen MR) is 110 cm³/mol. The summed E-state index contributed by atoms with van der Waals surface area (Å²) in [6.45, 7) is 1.83. The van der Waals surface area contributed by atoms with E-state index in [1.165, 1.54) is 54.5 Å². The molecule has 0 radical (unpaired) electrons. The van der Waals surface area contributed by atoms with Crippen LogP contribution in [0.2, 0.25) is 0 Å². The maximum Gasteiger partial charge on any atom is 0.273 e. The SMILES string of the molecule is Cc1ccc(S(=O)(=O)Nc2ccc(C(=O)N(C)Cc3ccco3)cc2)cc1[N+](=O)[O-]. The quantitative estimate of drug-likeness (QED) is 0.452. The number of hydrogen-bond acceptors (Lipinski definition) is 6. The standard InChI is InChI=1S/C20H19N3O6S/c1-14-5-10-18(12-19(14)23(25)26)30(27,28)21-16-8-6-15(7-9-16)20(24)22(2)13-17-4-3-11-29-17/h3-12,21H,13H2,1-2H3. The third-order valence-electron chi connectivity index (χ3n) is 4.39. The van der Waals surface area contributed by atoms with Crippen molar-refractivity contribution in [3.05, 3.63) is 87.9 Å². The van der Waals surface area contributed by atoms with E-state index in [1.54, 1.807) is 19.2 Å². The average molecular weight is 429 g/mol. The van der Waals surface area contributed by atoms with Crippen LogP contribution >= 0.6 is 0 Å². The van der Waals surface area contributed by atoms with E-state index in [9.17, 15) is 23.3 Å². The zero-order chi connectivity index (χ0) is 21.9. The van der Waals surface area contributed by atoms with E-state index in [1.807, 2.05) is 0 Å². The first-order valence-corrected chi connectivity index (χ1v) is 10.3. The molecule has 0 bridgehead atoms. The largest absolute Gasteiger partial charge is 0.467 e. The molecule has 0 fully saturated rings. The summed E-state index contributed by atoms with van der Waals surface area (Å²) in [6.07, 6.45) is 1.53. The summed E-state index contributed by atoms with van der Waals surface area (Å²) in [4.78, 5) is 24.2. The molecule has 0 spiro atoms. The number of nitrogens with one attached hydrogen (secondary N) is 1. The third kappa shape index (κ3) is 4.66. The van der Waals surface area contributed by atoms with E-state index in [0.29, 0.717) is 23.4 Å². The van der Waals surface area contributed by atoms with Gasteiger partial charge in [0.15, 0.2) is 0 Å². The Labute approximate surface area is 173 Å². The fourth-order valence-electron chi connectivity index (χ4n) is 2.78. The van der Waals surface area contributed by atoms with E-state index in [-0.39, 0.29) is 22.2 Å². The molecule has 1 amide bonds. The van der Waals surface area contributed by atoms with Gasteiger partial charge in [0.1, 0.15) is 5.76 Å². The van der Waals surface area contributed by atoms with Gasteiger partial charge >= 0.3 is 0 Å². The Balaban J connectivity index is 1.74. The van der Waals surface area contributed by atoms with Crippen LogP contribution in [0.25, 0.3) is 0 Å². The number of carbonyl (C=O) groups excluding carboxylic acids is 1. The topological polar surface area (TPSA) is 123 Å². The Hall–Kier alpha value is -3.66. The maximum absolute atomic E-state index is 12.6. The lowest BCUT2D eigenvalue weighted by atomic mass is 10.2. The van der Waals surface area contributed by atoms with E-state index < -0.39 is 14.9 Å². The zero-order valence-electron chi connectivity index (χ0n) is 16.2. The number of carbonyl (C=O) groups is 1. The molecule has 156 valence electrons. The highest BCUT2D eigenvalue weighted by Gasteiger charge is 2.20. The first-order valence-electron chi connectivity index (χ1n) is 8.83. The molecule has 3 aromatic rings. The molecular weight excluding hydrogens is 410 g/mol. The summed E-state index contributed by atoms with van der Waals surface area (Å²) >= 11 is 0. The highest BCUT2D eigenvalue weighted by Crippen LogP contribution is 2.24. The second-order valence-corrected chi connectivity index (χ2v) is 8.31. The summed E-state index contributed by atoms with van der Waals surface area (Å²) in [5.41, 5.74) is 0.681. The number of nitro groups is 1. The first-order chi connectivity index (χ1) is 14.2. The fraction of sp³-hybridized carbons (Fsp3) is 0.150. The molecular formula is C20H19N3O6S. The van der Waals surface area contributed by atoms with E-state index >= 15 is 0 Å². The van der Waals surface area contributed by atoms with Crippen molar-refractivity contribution in [3.8, 4) is 0 Å². The van der Waals surface area contributed by atoms with E-state index in [0.717, 1.165) is 6.07 Å². The summed E-state index contributed by atoms with van der Waals surface area (Å²) in [6, 6.07) is 13.1. The van der Waals surface area contributed by atoms with Crippen LogP contribution in [0.15, 0.2) is 70.2 Å². The van der Waals surface area contributed by atoms with Crippen molar-refractivity contribution in [2.45, 2.75) is 18.4 Å². The minimum absolute atomic E-state index is 0.224. The molecule has 3 rings (SSSR count). The van der Waals surface area contributed by atoms with Gasteiger partial charge in [-0.05, 0) is 49.4 Å². The van der Waals surface area contributed by atoms with Crippen LogP contribution < -0.4 is 4.72 Å². The monoisotopic (exact) mass is 429 g/mol. The van der Waals surface area contributed by atoms with Crippen molar-refractivity contribution in [1.29, 1.82) is 0 Å². The number of nitro benzene ring substituents is 1. The smallest absolute Gasteiger partial charge is 0.273 e. The Bertz CT molecular complexity index is 1170. The van der Waals surface area contributed by atoms with Gasteiger partial charge in [-0.15, -0.1) is 0 Å². The van der Waals surface area contributed by atoms with Gasteiger partial charge in [-0.1, -0.05) is 6.07 Å². The second kappa shape index (κ2) is 8.37. The van der Waals surface area contributed by atoms with E-state index in [4.69, 9.17) is 4.42 Å². The van der Waals surface area contributed by atoms with Crippen molar-refractivity contribution in [2.75, 3.05) is 11.8 Å². The van der Waals surface area contributed by atoms with Crippen molar-refractivity contribution >= 4 is 27.3 Å². The summed E-state index contributed by atoms with van der Waals surface area (Å²) in [7, 11) is -2.40. The van der Waals surface area contributed by atoms with Gasteiger partial charge in [-0.2, -0.15) is 0 Å². The molecule has 0 aliphatic rings. The highest BCUT2D eigenvalue weighted by molar-refractivity contribution is 7.92. The lowest BCUT2D eigenvalue weighted by Crippen LogP contribution is -2.26. The average Bonchev–Trinajstić information content (AvgIpc) is 3.20. The van der Waals surface area contributed by atoms with Gasteiger partial charge in [0.05, 0.1) is 22.6 Å². The van der Waals surface area contributed by atoms with Crippen LogP contribution in [0.5, 0.6) is 0 Å². The van der Waals surface area contributed by atoms with Crippen LogP contribution in [0.3, 0.4) is 0 Å². The normalized spacial score (nSPS) is 11.1. The van der Waals surface area contributed by atoms with Crippen molar-refractivity contribution in [2.24, 2.45) is 0 Å². The highest BCUT2D eigenvalue weighted by atomic mass is 32.2. The van der Waals surface area contributed by atoms with Crippen LogP contribution in [-0.2, 0) is 16.6 Å². The Kier molecular flexibility index (Phi) is 5.88. The Morgan fingerprint density at radius 3 is 2.47 bits per heavy atom. The molecule has 0 unspecified atom stereocenters. The second-order valence-electron chi connectivity index (χ2n) is 6.63. The van der Waals surface area contributed by atoms with Gasteiger partial charge in [0.25, 0.3) is 21.6 Å². The molecule has 30 heavy (non-hydrogen) atoms. The van der Waals surface area contributed by atoms with Crippen molar-refractivity contribution < 1.29 is 22.6 Å². The van der Waals surface area contributed by atoms with Gasteiger partial charge in [-0.25, -0.2) is 8.42 Å². The zero-order valence-corrected chi connectivity index (χ0v) is 17.0. The first kappa shape index (κ1) is 21.1. The molecule has 2 aromatic carbocycles. The molecule has 10 heteroatoms. The number of furan rings is 1. The summed E-state index contributed by atoms with van der Waals surface area (Å²) in [5.74, 6) is 0.386. The number of aryl methyl sites for hydroxylation is 1. The molecule has 1 aromatic heterocycles. The van der Waals surface area contributed by atoms with E-state index in [2.05, 4.69) is 4.72 Å². The molecule has 0 atom stereocenters. The molecule has 0 aliphatic carbocycles. The lowest BCUT2D eigenvalue weighted by Gasteiger charge is -2.16. The summed E-state index contributed by atoms with van der Waals surface area (Å²) in [5, 5.41) is 11.1. The number of rotatable bonds is 7. The Morgan fingerprint density at radius 2 is 1.87 bits per heavy atom. The minimum atomic E-state index is -4.03. The van der Waals surface area contributed by atoms with Crippen LogP contribution in [-0.4, -0.2) is 31.2 Å². The Morgan fingerprint density at radius 1 is 1.17 bits per heavy atom. The maximum atomic E-state index is 12.6. The molecule has 1 heterocycles. The number of benzene rings is 2. The van der Waals surface area contributed by atoms with Gasteiger partial charge in [-0.3, -0.25) is 19.6 Å². The van der Waals surface area contributed by atoms with Crippen molar-refractivity contribution in [3.63, 3.8) is 0 Å². The van der Waals surface area contributed by atoms with Crippen LogP contribution in [0.4, 0.5) is 11.4 Å². The van der Waals surface area contributed by atoms with Crippen LogP contribution in [0, 0.1) is 17.0 Å². The molecule has 1 N–H and O–H groups in total. The number of nitrogens with zero attached hydrogens (tertiary/aromatic N) is 2. The number of sulfonamides is 1. The number of amides is 1. The van der Waals surface area contributed by atoms with Gasteiger partial charge in [0.2, 0.25) is 0 Å². The van der Waals surface area contributed by atoms with Crippen LogP contribution in [0.1, 0.15) is 21.7 Å². The predicted octanol–water partition coefficient (Wildman–Crippen LogP) is 3.57. The molecule has 9 nitrogen and oxygen atoms in total. The number of hydrogen-bond donors (Lipinski definition) is 1. The molecule has 0 saturated heterocycles. The minimum Gasteiger partial charge on any atom is -0.467 e. The van der Waals surface area contributed by atoms with Gasteiger partial charge in [0, 0.05) is 29.9 Å².